The minimum Gasteiger partial charge on any atom is -0.380 e. The molecule has 0 radical (unpaired) electrons. The van der Waals surface area contributed by atoms with Gasteiger partial charge >= 0.3 is 0 Å². The molecule has 2 aliphatic rings. The second-order valence-electron chi connectivity index (χ2n) is 9.58. The molecule has 1 heterocycles. The van der Waals surface area contributed by atoms with Gasteiger partial charge in [-0.3, -0.25) is 9.78 Å². The molecule has 1 aromatic heterocycles. The molecule has 0 saturated heterocycles. The number of anilines is 1. The summed E-state index contributed by atoms with van der Waals surface area (Å²) in [5, 5.41) is 13.0. The van der Waals surface area contributed by atoms with Gasteiger partial charge < -0.3 is 10.4 Å². The van der Waals surface area contributed by atoms with Gasteiger partial charge in [0.05, 0.1) is 15.2 Å². The van der Waals surface area contributed by atoms with Gasteiger partial charge in [-0.2, -0.15) is 0 Å². The van der Waals surface area contributed by atoms with Crippen molar-refractivity contribution in [1.82, 2.24) is 4.98 Å². The number of nitrogens with zero attached hydrogens (tertiary/aromatic N) is 1. The zero-order chi connectivity index (χ0) is 27.4. The average molecular weight is 563 g/mol. The number of rotatable bonds is 5. The van der Waals surface area contributed by atoms with Gasteiger partial charge in [0.2, 0.25) is 0 Å². The number of amides is 1. The zero-order valence-electron chi connectivity index (χ0n) is 20.0. The number of nitrogens with one attached hydrogen (secondary N) is 1. The van der Waals surface area contributed by atoms with Crippen LogP contribution in [0.25, 0.3) is 0 Å². The summed E-state index contributed by atoms with van der Waals surface area (Å²) in [6.07, 6.45) is 5.89. The molecule has 2 unspecified atom stereocenters. The van der Waals surface area contributed by atoms with Gasteiger partial charge in [-0.05, 0) is 67.2 Å². The van der Waals surface area contributed by atoms with Crippen molar-refractivity contribution in [3.8, 4) is 0 Å². The van der Waals surface area contributed by atoms with Gasteiger partial charge in [-0.25, -0.2) is 21.6 Å². The van der Waals surface area contributed by atoms with Crippen molar-refractivity contribution < 1.29 is 31.5 Å². The van der Waals surface area contributed by atoms with E-state index < -0.39 is 44.0 Å². The van der Waals surface area contributed by atoms with Gasteiger partial charge in [-0.15, -0.1) is 0 Å². The molecule has 3 aromatic rings. The van der Waals surface area contributed by atoms with Gasteiger partial charge in [0.15, 0.2) is 27.3 Å². The van der Waals surface area contributed by atoms with Crippen LogP contribution < -0.4 is 5.32 Å². The normalized spacial score (nSPS) is 22.7. The van der Waals surface area contributed by atoms with E-state index in [0.717, 1.165) is 11.6 Å². The SMILES string of the molecule is Cc1cnccc1[C@]1(O)C2=CCC1CC(S(=O)(=O)c1cc(C(=O)Nc3cc(F)c(F)c(F)c3)ccc1Cl)C2. The first-order valence-corrected chi connectivity index (χ1v) is 13.7. The Kier molecular flexibility index (Phi) is 6.61. The quantitative estimate of drug-likeness (QED) is 0.317. The minimum absolute atomic E-state index is 0.0813. The lowest BCUT2D eigenvalue weighted by Gasteiger charge is -2.41. The summed E-state index contributed by atoms with van der Waals surface area (Å²) in [4.78, 5) is 16.6. The number of aryl methyl sites for hydroxylation is 1. The number of hydrogen-bond acceptors (Lipinski definition) is 5. The smallest absolute Gasteiger partial charge is 0.255 e. The van der Waals surface area contributed by atoms with Gasteiger partial charge in [-0.1, -0.05) is 17.7 Å². The Bertz CT molecular complexity index is 1590. The molecule has 0 aliphatic heterocycles. The van der Waals surface area contributed by atoms with Gasteiger partial charge in [0.25, 0.3) is 5.91 Å². The van der Waals surface area contributed by atoms with Crippen LogP contribution in [0.2, 0.25) is 5.02 Å². The van der Waals surface area contributed by atoms with E-state index in [-0.39, 0.29) is 39.9 Å². The number of hydrogen-bond donors (Lipinski definition) is 2. The largest absolute Gasteiger partial charge is 0.380 e. The van der Waals surface area contributed by atoms with Crippen LogP contribution in [0.15, 0.2) is 65.3 Å². The van der Waals surface area contributed by atoms with Crippen molar-refractivity contribution in [2.45, 2.75) is 41.9 Å². The first kappa shape index (κ1) is 26.4. The van der Waals surface area contributed by atoms with E-state index in [2.05, 4.69) is 10.3 Å². The molecule has 1 saturated carbocycles. The number of aliphatic hydroxyl groups is 1. The number of allylic oxidation sites excluding steroid dienone is 1. The lowest BCUT2D eigenvalue weighted by molar-refractivity contribution is 0.00554. The van der Waals surface area contributed by atoms with Gasteiger partial charge in [0.1, 0.15) is 5.60 Å². The molecule has 6 nitrogen and oxygen atoms in total. The Morgan fingerprint density at radius 1 is 1.16 bits per heavy atom. The lowest BCUT2D eigenvalue weighted by Crippen LogP contribution is -2.43. The summed E-state index contributed by atoms with van der Waals surface area (Å²) >= 11 is 6.26. The fraction of sp³-hybridized carbons (Fsp3) is 0.259. The summed E-state index contributed by atoms with van der Waals surface area (Å²) < 4.78 is 67.8. The number of halogens is 4. The second kappa shape index (κ2) is 9.52. The molecule has 1 fully saturated rings. The molecule has 0 spiro atoms. The molecule has 198 valence electrons. The van der Waals surface area contributed by atoms with E-state index in [0.29, 0.717) is 29.7 Å². The highest BCUT2D eigenvalue weighted by atomic mass is 35.5. The Balaban J connectivity index is 1.42. The van der Waals surface area contributed by atoms with Crippen LogP contribution in [-0.4, -0.2) is 29.7 Å². The van der Waals surface area contributed by atoms with Crippen molar-refractivity contribution in [2.24, 2.45) is 5.92 Å². The summed E-state index contributed by atoms with van der Waals surface area (Å²) in [7, 11) is -4.05. The topological polar surface area (TPSA) is 96.4 Å². The molecule has 2 N–H and O–H groups in total. The van der Waals surface area contributed by atoms with Crippen LogP contribution in [0.3, 0.4) is 0 Å². The maximum absolute atomic E-state index is 13.7. The van der Waals surface area contributed by atoms with Crippen LogP contribution in [0.5, 0.6) is 0 Å². The van der Waals surface area contributed by atoms with Crippen LogP contribution >= 0.6 is 11.6 Å². The maximum Gasteiger partial charge on any atom is 0.255 e. The highest BCUT2D eigenvalue weighted by Gasteiger charge is 2.53. The number of fused-ring (bicyclic) bond motifs is 2. The first-order chi connectivity index (χ1) is 17.9. The van der Waals surface area contributed by atoms with Crippen LogP contribution in [-0.2, 0) is 15.4 Å². The third kappa shape index (κ3) is 4.30. The molecule has 5 rings (SSSR count). The van der Waals surface area contributed by atoms with Crippen molar-refractivity contribution in [2.75, 3.05) is 5.32 Å². The number of carbonyl (C=O) groups excluding carboxylic acids is 1. The fourth-order valence-electron chi connectivity index (χ4n) is 5.43. The Labute approximate surface area is 222 Å². The van der Waals surface area contributed by atoms with Crippen molar-refractivity contribution in [1.29, 1.82) is 0 Å². The number of carbonyl (C=O) groups is 1. The van der Waals surface area contributed by atoms with Crippen LogP contribution in [0, 0.1) is 30.3 Å². The molecule has 2 aromatic carbocycles. The maximum atomic E-state index is 13.7. The standard InChI is InChI=1S/C27H22ClF3N2O4S/c1-14-13-32-7-6-20(14)27(35)16-3-4-17(27)10-19(9-16)38(36,37)24-8-15(2-5-21(24)28)26(34)33-18-11-22(29)25(31)23(30)12-18/h2-3,5-8,11-13,17,19,35H,4,9-10H2,1H3,(H,33,34)/t17?,19?,27-/m0/s1. The van der Waals surface area contributed by atoms with E-state index in [1.165, 1.54) is 12.1 Å². The lowest BCUT2D eigenvalue weighted by atomic mass is 9.71. The predicted octanol–water partition coefficient (Wildman–Crippen LogP) is 5.48. The fourth-order valence-corrected chi connectivity index (χ4v) is 7.74. The highest BCUT2D eigenvalue weighted by molar-refractivity contribution is 7.92. The number of aromatic nitrogens is 1. The van der Waals surface area contributed by atoms with E-state index in [4.69, 9.17) is 11.6 Å². The highest BCUT2D eigenvalue weighted by Crippen LogP contribution is 2.54. The molecular formula is C27H22ClF3N2O4S. The number of sulfone groups is 1. The van der Waals surface area contributed by atoms with E-state index >= 15 is 0 Å². The summed E-state index contributed by atoms with van der Waals surface area (Å²) in [6.45, 7) is 1.84. The number of pyridine rings is 1. The van der Waals surface area contributed by atoms with Crippen LogP contribution in [0.4, 0.5) is 18.9 Å². The first-order valence-electron chi connectivity index (χ1n) is 11.7. The van der Waals surface area contributed by atoms with Crippen molar-refractivity contribution in [3.05, 3.63) is 99.6 Å². The summed E-state index contributed by atoms with van der Waals surface area (Å²) in [5.74, 6) is -5.88. The third-order valence-electron chi connectivity index (χ3n) is 7.34. The predicted molar refractivity (Wildman–Crippen MR) is 135 cm³/mol. The average Bonchev–Trinajstić information content (AvgIpc) is 3.03. The molecule has 1 amide bonds. The van der Waals surface area contributed by atoms with E-state index in [1.54, 1.807) is 18.5 Å². The van der Waals surface area contributed by atoms with E-state index in [1.807, 2.05) is 13.0 Å². The Hall–Kier alpha value is -3.21. The Morgan fingerprint density at radius 3 is 2.53 bits per heavy atom. The molecular weight excluding hydrogens is 541 g/mol. The number of benzene rings is 2. The van der Waals surface area contributed by atoms with Gasteiger partial charge in [0, 0.05) is 41.7 Å². The van der Waals surface area contributed by atoms with E-state index in [9.17, 15) is 31.5 Å². The monoisotopic (exact) mass is 562 g/mol. The molecule has 3 atom stereocenters. The van der Waals surface area contributed by atoms with Crippen molar-refractivity contribution in [3.63, 3.8) is 0 Å². The zero-order valence-corrected chi connectivity index (χ0v) is 21.6. The Morgan fingerprint density at radius 2 is 1.87 bits per heavy atom. The minimum atomic E-state index is -4.05. The van der Waals surface area contributed by atoms with Crippen molar-refractivity contribution >= 4 is 33.0 Å². The molecule has 2 aliphatic carbocycles. The molecule has 2 bridgehead atoms. The summed E-state index contributed by atoms with van der Waals surface area (Å²) in [5.41, 5.74) is 0.359. The summed E-state index contributed by atoms with van der Waals surface area (Å²) in [6, 6.07) is 6.59. The second-order valence-corrected chi connectivity index (χ2v) is 12.2. The van der Waals surface area contributed by atoms with Crippen LogP contribution in [0.1, 0.15) is 40.7 Å². The molecule has 38 heavy (non-hydrogen) atoms. The molecule has 11 heteroatoms. The third-order valence-corrected chi connectivity index (χ3v) is 9.96.